The first-order valence-corrected chi connectivity index (χ1v) is 22.6. The van der Waals surface area contributed by atoms with Crippen LogP contribution in [0.25, 0.3) is 11.3 Å². The number of benzene rings is 7. The molecule has 3 aliphatic heterocycles. The highest BCUT2D eigenvalue weighted by Gasteiger charge is 2.60. The van der Waals surface area contributed by atoms with Crippen LogP contribution in [0.15, 0.2) is 176 Å². The van der Waals surface area contributed by atoms with Crippen molar-refractivity contribution < 1.29 is 0 Å². The number of rotatable bonds is 4. The number of para-hydroxylation sites is 2. The van der Waals surface area contributed by atoms with Crippen LogP contribution < -0.4 is 31.1 Å². The molecule has 2 atom stereocenters. The van der Waals surface area contributed by atoms with Gasteiger partial charge in [-0.3, -0.25) is 4.98 Å². The zero-order valence-electron chi connectivity index (χ0n) is 37.0. The standard InChI is InChI=1S/C58H51BN4/c1-38-34-53-55-54(35-38)62(43-26-24-41(25-27-43)56(2,3)4)52-37-44(28-29-48(52)59(55)47-20-12-13-22-51(47)61(53)42-17-8-7-9-18-42)63-50-30-23-40(49-21-14-15-33-60-49)36-46(50)57(5)32-31-39-16-10-11-19-45(39)58(57,63)6/h7-30,33-37H,31-32H2,1-6H3. The average Bonchev–Trinajstić information content (AvgIpc) is 3.51. The third kappa shape index (κ3) is 5.38. The summed E-state index contributed by atoms with van der Waals surface area (Å²) in [6.07, 6.45) is 4.00. The van der Waals surface area contributed by atoms with Gasteiger partial charge in [0.25, 0.3) is 6.71 Å². The molecule has 63 heavy (non-hydrogen) atoms. The Balaban J connectivity index is 1.12. The topological polar surface area (TPSA) is 22.6 Å². The second-order valence-corrected chi connectivity index (χ2v) is 19.6. The van der Waals surface area contributed by atoms with Crippen LogP contribution in [0, 0.1) is 6.92 Å². The Labute approximate surface area is 372 Å². The Hall–Kier alpha value is -6.85. The van der Waals surface area contributed by atoms with E-state index in [1.54, 1.807) is 0 Å². The van der Waals surface area contributed by atoms with Crippen molar-refractivity contribution in [2.24, 2.45) is 0 Å². The lowest BCUT2D eigenvalue weighted by Crippen LogP contribution is -2.61. The summed E-state index contributed by atoms with van der Waals surface area (Å²) in [6, 6.07) is 64.1. The molecule has 2 unspecified atom stereocenters. The number of fused-ring (bicyclic) bond motifs is 9. The number of pyridine rings is 1. The predicted molar refractivity (Wildman–Crippen MR) is 265 cm³/mol. The summed E-state index contributed by atoms with van der Waals surface area (Å²) in [4.78, 5) is 12.6. The molecule has 0 saturated heterocycles. The Morgan fingerprint density at radius 1 is 0.556 bits per heavy atom. The molecule has 1 aliphatic carbocycles. The predicted octanol–water partition coefficient (Wildman–Crippen LogP) is 12.7. The van der Waals surface area contributed by atoms with Gasteiger partial charge in [0.1, 0.15) is 0 Å². The smallest absolute Gasteiger partial charge is 0.252 e. The Kier molecular flexibility index (Phi) is 8.16. The maximum Gasteiger partial charge on any atom is 0.252 e. The quantitative estimate of drug-likeness (QED) is 0.165. The van der Waals surface area contributed by atoms with Gasteiger partial charge >= 0.3 is 0 Å². The zero-order chi connectivity index (χ0) is 42.8. The number of aryl methyl sites for hydroxylation is 2. The number of nitrogens with zero attached hydrogens (tertiary/aromatic N) is 4. The van der Waals surface area contributed by atoms with E-state index in [0.29, 0.717) is 0 Å². The van der Waals surface area contributed by atoms with Gasteiger partial charge in [0.05, 0.1) is 11.2 Å². The summed E-state index contributed by atoms with van der Waals surface area (Å²) in [7, 11) is 0. The molecule has 0 saturated carbocycles. The van der Waals surface area contributed by atoms with Gasteiger partial charge in [-0.2, -0.15) is 0 Å². The normalized spacial score (nSPS) is 19.1. The first-order valence-electron chi connectivity index (χ1n) is 22.6. The van der Waals surface area contributed by atoms with Gasteiger partial charge in [-0.25, -0.2) is 0 Å². The minimum Gasteiger partial charge on any atom is -0.330 e. The molecule has 12 rings (SSSR count). The zero-order valence-corrected chi connectivity index (χ0v) is 37.0. The first kappa shape index (κ1) is 37.9. The van der Waals surface area contributed by atoms with Gasteiger partial charge in [0, 0.05) is 62.7 Å². The molecule has 4 aliphatic rings. The molecule has 0 radical (unpaired) electrons. The Morgan fingerprint density at radius 2 is 1.22 bits per heavy atom. The van der Waals surface area contributed by atoms with Crippen LogP contribution in [0.1, 0.15) is 68.9 Å². The lowest BCUT2D eigenvalue weighted by molar-refractivity contribution is 0.245. The maximum absolute atomic E-state index is 4.80. The second kappa shape index (κ2) is 13.6. The molecule has 0 spiro atoms. The van der Waals surface area contributed by atoms with Gasteiger partial charge in [-0.1, -0.05) is 119 Å². The monoisotopic (exact) mass is 814 g/mol. The minimum atomic E-state index is -0.357. The molecule has 0 N–H and O–H groups in total. The molecular weight excluding hydrogens is 763 g/mol. The van der Waals surface area contributed by atoms with Crippen LogP contribution >= 0.6 is 0 Å². The van der Waals surface area contributed by atoms with Gasteiger partial charge in [-0.05, 0) is 155 Å². The van der Waals surface area contributed by atoms with Crippen molar-refractivity contribution in [2.45, 2.75) is 70.8 Å². The fraction of sp³-hybridized carbons (Fsp3) is 0.190. The van der Waals surface area contributed by atoms with E-state index in [9.17, 15) is 0 Å². The molecule has 4 heterocycles. The molecule has 4 nitrogen and oxygen atoms in total. The summed E-state index contributed by atoms with van der Waals surface area (Å²) in [5.41, 5.74) is 22.2. The summed E-state index contributed by atoms with van der Waals surface area (Å²) in [5.74, 6) is 0. The summed E-state index contributed by atoms with van der Waals surface area (Å²) < 4.78 is 0. The minimum absolute atomic E-state index is 0.0387. The molecule has 0 bridgehead atoms. The van der Waals surface area contributed by atoms with E-state index >= 15 is 0 Å². The van der Waals surface area contributed by atoms with Crippen molar-refractivity contribution in [2.75, 3.05) is 14.7 Å². The highest BCUT2D eigenvalue weighted by Crippen LogP contribution is 2.64. The summed E-state index contributed by atoms with van der Waals surface area (Å²) in [6.45, 7) is 14.2. The molecule has 0 amide bonds. The third-order valence-corrected chi connectivity index (χ3v) is 15.1. The van der Waals surface area contributed by atoms with Gasteiger partial charge in [-0.15, -0.1) is 0 Å². The van der Waals surface area contributed by atoms with Crippen LogP contribution in [0.2, 0.25) is 0 Å². The van der Waals surface area contributed by atoms with E-state index in [1.807, 2.05) is 12.3 Å². The highest BCUT2D eigenvalue weighted by atomic mass is 15.3. The van der Waals surface area contributed by atoms with Crippen molar-refractivity contribution in [3.63, 3.8) is 0 Å². The number of aromatic nitrogens is 1. The lowest BCUT2D eigenvalue weighted by Gasteiger charge is -2.51. The molecule has 7 aromatic carbocycles. The molecule has 8 aromatic rings. The van der Waals surface area contributed by atoms with Crippen LogP contribution in [-0.2, 0) is 22.8 Å². The molecule has 0 fully saturated rings. The van der Waals surface area contributed by atoms with Crippen molar-refractivity contribution >= 4 is 68.6 Å². The van der Waals surface area contributed by atoms with Gasteiger partial charge < -0.3 is 14.7 Å². The molecule has 306 valence electrons. The van der Waals surface area contributed by atoms with Gasteiger partial charge in [0.2, 0.25) is 0 Å². The van der Waals surface area contributed by atoms with Crippen LogP contribution in [0.5, 0.6) is 0 Å². The van der Waals surface area contributed by atoms with Crippen molar-refractivity contribution in [1.29, 1.82) is 0 Å². The van der Waals surface area contributed by atoms with E-state index in [2.05, 4.69) is 220 Å². The van der Waals surface area contributed by atoms with Crippen LogP contribution in [-0.4, -0.2) is 11.7 Å². The van der Waals surface area contributed by atoms with E-state index in [-0.39, 0.29) is 23.1 Å². The SMILES string of the molecule is Cc1cc2c3c(c1)N(c1ccc(C(C)(C)C)cc1)c1cc(N4c5ccc(-c6ccccn6)cc5C5(C)CCc6ccccc6C45C)ccc1B3c1ccccc1N2c1ccccc1. The molecule has 1 aromatic heterocycles. The summed E-state index contributed by atoms with van der Waals surface area (Å²) >= 11 is 0. The van der Waals surface area contributed by atoms with E-state index < -0.39 is 0 Å². The number of hydrogen-bond acceptors (Lipinski definition) is 4. The number of hydrogen-bond donors (Lipinski definition) is 0. The van der Waals surface area contributed by atoms with E-state index in [1.165, 1.54) is 89.7 Å². The Morgan fingerprint density at radius 3 is 1.98 bits per heavy atom. The average molecular weight is 815 g/mol. The second-order valence-electron chi connectivity index (χ2n) is 19.6. The third-order valence-electron chi connectivity index (χ3n) is 15.1. The largest absolute Gasteiger partial charge is 0.330 e. The Bertz CT molecular complexity index is 3120. The van der Waals surface area contributed by atoms with Gasteiger partial charge in [0.15, 0.2) is 0 Å². The molecule has 5 heteroatoms. The maximum atomic E-state index is 4.80. The highest BCUT2D eigenvalue weighted by molar-refractivity contribution is 7.00. The van der Waals surface area contributed by atoms with Crippen LogP contribution in [0.3, 0.4) is 0 Å². The summed E-state index contributed by atoms with van der Waals surface area (Å²) in [5, 5.41) is 0. The van der Waals surface area contributed by atoms with E-state index in [4.69, 9.17) is 4.98 Å². The fourth-order valence-corrected chi connectivity index (χ4v) is 11.9. The lowest BCUT2D eigenvalue weighted by atomic mass is 9.33. The van der Waals surface area contributed by atoms with Crippen molar-refractivity contribution in [1.82, 2.24) is 4.98 Å². The van der Waals surface area contributed by atoms with Crippen LogP contribution in [0.4, 0.5) is 45.5 Å². The first-order chi connectivity index (χ1) is 30.5. The van der Waals surface area contributed by atoms with E-state index in [0.717, 1.165) is 24.1 Å². The molecular formula is C58H51BN4. The fourth-order valence-electron chi connectivity index (χ4n) is 11.9. The van der Waals surface area contributed by atoms with Crippen molar-refractivity contribution in [3.05, 3.63) is 204 Å². The number of anilines is 8. The van der Waals surface area contributed by atoms with Crippen molar-refractivity contribution in [3.8, 4) is 11.3 Å².